The molecule has 0 radical (unpaired) electrons. The molecule has 2 aromatic heterocycles. The highest BCUT2D eigenvalue weighted by Crippen LogP contribution is 2.23. The van der Waals surface area contributed by atoms with E-state index in [0.29, 0.717) is 42.0 Å². The Balaban J connectivity index is 1.47. The summed E-state index contributed by atoms with van der Waals surface area (Å²) in [6.45, 7) is 0.666. The van der Waals surface area contributed by atoms with E-state index in [-0.39, 0.29) is 29.0 Å². The lowest BCUT2D eigenvalue weighted by molar-refractivity contribution is -0.136. The van der Waals surface area contributed by atoms with Gasteiger partial charge in [0.25, 0.3) is 5.56 Å². The van der Waals surface area contributed by atoms with Gasteiger partial charge in [0.2, 0.25) is 5.91 Å². The number of aliphatic carboxylic acids is 1. The van der Waals surface area contributed by atoms with Crippen molar-refractivity contribution in [2.45, 2.75) is 31.8 Å². The van der Waals surface area contributed by atoms with Crippen LogP contribution in [0.3, 0.4) is 0 Å². The van der Waals surface area contributed by atoms with Crippen LogP contribution in [0.15, 0.2) is 53.3 Å². The Kier molecular flexibility index (Phi) is 6.95. The highest BCUT2D eigenvalue weighted by Gasteiger charge is 2.19. The van der Waals surface area contributed by atoms with Gasteiger partial charge in [-0.05, 0) is 36.6 Å². The Morgan fingerprint density at radius 3 is 2.65 bits per heavy atom. The number of para-hydroxylation sites is 1. The molecule has 176 valence electrons. The first-order chi connectivity index (χ1) is 16.3. The second-order valence-corrected chi connectivity index (χ2v) is 8.49. The number of halogens is 1. The van der Waals surface area contributed by atoms with Crippen molar-refractivity contribution in [2.75, 3.05) is 6.54 Å². The number of amides is 1. The first-order valence-corrected chi connectivity index (χ1v) is 11.2. The number of carboxylic acid groups (broad SMARTS) is 1. The lowest BCUT2D eigenvalue weighted by Gasteiger charge is -2.14. The molecule has 2 aromatic carbocycles. The summed E-state index contributed by atoms with van der Waals surface area (Å²) in [6.07, 6.45) is 0.545. The van der Waals surface area contributed by atoms with Gasteiger partial charge in [0, 0.05) is 23.5 Å². The van der Waals surface area contributed by atoms with Crippen molar-refractivity contribution in [3.05, 3.63) is 75.2 Å². The fourth-order valence-corrected chi connectivity index (χ4v) is 4.13. The van der Waals surface area contributed by atoms with E-state index in [2.05, 4.69) is 15.5 Å². The molecule has 0 aliphatic heterocycles. The monoisotopic (exact) mass is 481 g/mol. The molecule has 0 bridgehead atoms. The number of benzene rings is 2. The molecule has 0 saturated carbocycles. The summed E-state index contributed by atoms with van der Waals surface area (Å²) >= 11 is 5.88. The fourth-order valence-electron chi connectivity index (χ4n) is 4.01. The van der Waals surface area contributed by atoms with E-state index in [1.165, 1.54) is 0 Å². The molecule has 9 nitrogen and oxygen atoms in total. The van der Waals surface area contributed by atoms with Crippen molar-refractivity contribution in [2.24, 2.45) is 5.73 Å². The maximum Gasteiger partial charge on any atom is 0.309 e. The van der Waals surface area contributed by atoms with Crippen LogP contribution in [0.4, 0.5) is 0 Å². The number of aromatic amines is 1. The molecule has 1 unspecified atom stereocenters. The van der Waals surface area contributed by atoms with Crippen LogP contribution in [0.25, 0.3) is 21.8 Å². The van der Waals surface area contributed by atoms with Gasteiger partial charge in [-0.1, -0.05) is 41.9 Å². The number of hydrogen-bond donors (Lipinski definition) is 4. The highest BCUT2D eigenvalue weighted by atomic mass is 35.5. The van der Waals surface area contributed by atoms with Crippen LogP contribution in [0, 0.1) is 0 Å². The van der Waals surface area contributed by atoms with Crippen molar-refractivity contribution in [3.63, 3.8) is 0 Å². The number of H-pyrrole nitrogens is 1. The van der Waals surface area contributed by atoms with E-state index in [9.17, 15) is 19.5 Å². The van der Waals surface area contributed by atoms with E-state index in [1.54, 1.807) is 16.7 Å². The number of fused-ring (bicyclic) bond motifs is 3. The predicted octanol–water partition coefficient (Wildman–Crippen LogP) is 2.23. The smallest absolute Gasteiger partial charge is 0.309 e. The lowest BCUT2D eigenvalue weighted by Crippen LogP contribution is -2.42. The highest BCUT2D eigenvalue weighted by molar-refractivity contribution is 6.30. The van der Waals surface area contributed by atoms with E-state index in [0.717, 1.165) is 10.9 Å². The van der Waals surface area contributed by atoms with Crippen LogP contribution in [-0.4, -0.2) is 44.3 Å². The number of nitrogens with one attached hydrogen (secondary N) is 2. The zero-order chi connectivity index (χ0) is 24.2. The molecule has 0 saturated heterocycles. The largest absolute Gasteiger partial charge is 0.481 e. The third-order valence-electron chi connectivity index (χ3n) is 5.64. The molecule has 2 heterocycles. The molecule has 0 aliphatic rings. The van der Waals surface area contributed by atoms with Crippen LogP contribution in [0.1, 0.15) is 17.7 Å². The standard InChI is InChI=1S/C24H24ClN5O4/c25-15-8-6-14(7-9-15)12-17(26)23(33)27-10-3-11-30-19-5-2-1-4-16(19)22-21(24(30)34)18(28-29-22)13-20(31)32/h1-2,4-9,17H,3,10-13,26H2,(H,27,33)(H,28,29)(H,31,32). The number of nitrogens with zero attached hydrogens (tertiary/aromatic N) is 2. The number of carboxylic acids is 1. The van der Waals surface area contributed by atoms with Crippen LogP contribution in [-0.2, 0) is 29.0 Å². The number of aromatic nitrogens is 3. The second-order valence-electron chi connectivity index (χ2n) is 8.05. The Morgan fingerprint density at radius 1 is 1.18 bits per heavy atom. The fraction of sp³-hybridized carbons (Fsp3) is 0.250. The summed E-state index contributed by atoms with van der Waals surface area (Å²) in [4.78, 5) is 36.9. The summed E-state index contributed by atoms with van der Waals surface area (Å²) < 4.78 is 1.60. The number of aryl methyl sites for hydroxylation is 1. The summed E-state index contributed by atoms with van der Waals surface area (Å²) in [5, 5.41) is 20.5. The quantitative estimate of drug-likeness (QED) is 0.270. The average molecular weight is 482 g/mol. The van der Waals surface area contributed by atoms with Gasteiger partial charge >= 0.3 is 5.97 Å². The van der Waals surface area contributed by atoms with Gasteiger partial charge in [0.15, 0.2) is 0 Å². The average Bonchev–Trinajstić information content (AvgIpc) is 3.23. The summed E-state index contributed by atoms with van der Waals surface area (Å²) in [7, 11) is 0. The minimum Gasteiger partial charge on any atom is -0.481 e. The van der Waals surface area contributed by atoms with Crippen LogP contribution in [0.2, 0.25) is 5.02 Å². The van der Waals surface area contributed by atoms with Gasteiger partial charge in [0.1, 0.15) is 5.52 Å². The Bertz CT molecular complexity index is 1410. The summed E-state index contributed by atoms with van der Waals surface area (Å²) in [5.74, 6) is -1.33. The van der Waals surface area contributed by atoms with E-state index >= 15 is 0 Å². The molecule has 5 N–H and O–H groups in total. The van der Waals surface area contributed by atoms with Crippen molar-refractivity contribution in [1.82, 2.24) is 20.1 Å². The first-order valence-electron chi connectivity index (χ1n) is 10.8. The number of hydrogen-bond acceptors (Lipinski definition) is 5. The maximum atomic E-state index is 13.3. The number of carbonyl (C=O) groups excluding carboxylic acids is 1. The number of rotatable bonds is 9. The topological polar surface area (TPSA) is 143 Å². The Labute approximate surface area is 199 Å². The molecule has 0 spiro atoms. The van der Waals surface area contributed by atoms with E-state index < -0.39 is 12.0 Å². The SMILES string of the molecule is NC(Cc1ccc(Cl)cc1)C(=O)NCCCn1c(=O)c2c(CC(=O)O)[nH]nc2c2ccccc21. The van der Waals surface area contributed by atoms with Crippen LogP contribution < -0.4 is 16.6 Å². The third kappa shape index (κ3) is 4.95. The minimum absolute atomic E-state index is 0.272. The van der Waals surface area contributed by atoms with Gasteiger partial charge in [-0.2, -0.15) is 5.10 Å². The van der Waals surface area contributed by atoms with Gasteiger partial charge in [-0.3, -0.25) is 19.5 Å². The van der Waals surface area contributed by atoms with Crippen LogP contribution in [0.5, 0.6) is 0 Å². The molecule has 34 heavy (non-hydrogen) atoms. The van der Waals surface area contributed by atoms with E-state index in [4.69, 9.17) is 17.3 Å². The zero-order valence-electron chi connectivity index (χ0n) is 18.3. The first kappa shape index (κ1) is 23.5. The summed E-state index contributed by atoms with van der Waals surface area (Å²) in [5.41, 5.74) is 8.04. The Hall–Kier alpha value is -3.69. The van der Waals surface area contributed by atoms with Gasteiger partial charge in [-0.15, -0.1) is 0 Å². The zero-order valence-corrected chi connectivity index (χ0v) is 19.0. The normalized spacial score (nSPS) is 12.2. The van der Waals surface area contributed by atoms with Crippen molar-refractivity contribution < 1.29 is 14.7 Å². The lowest BCUT2D eigenvalue weighted by atomic mass is 10.1. The maximum absolute atomic E-state index is 13.3. The molecular weight excluding hydrogens is 458 g/mol. The molecular formula is C24H24ClN5O4. The van der Waals surface area contributed by atoms with Crippen molar-refractivity contribution >= 4 is 45.3 Å². The minimum atomic E-state index is -1.05. The van der Waals surface area contributed by atoms with Gasteiger partial charge < -0.3 is 20.7 Å². The van der Waals surface area contributed by atoms with E-state index in [1.807, 2.05) is 36.4 Å². The molecule has 1 amide bonds. The third-order valence-corrected chi connectivity index (χ3v) is 5.89. The molecule has 0 fully saturated rings. The van der Waals surface area contributed by atoms with Crippen molar-refractivity contribution in [1.29, 1.82) is 0 Å². The molecule has 1 atom stereocenters. The second kappa shape index (κ2) is 10.1. The molecule has 4 aromatic rings. The van der Waals surface area contributed by atoms with Gasteiger partial charge in [-0.25, -0.2) is 0 Å². The molecule has 0 aliphatic carbocycles. The summed E-state index contributed by atoms with van der Waals surface area (Å²) in [6, 6.07) is 13.8. The number of carbonyl (C=O) groups is 2. The number of pyridine rings is 1. The van der Waals surface area contributed by atoms with Gasteiger partial charge in [0.05, 0.1) is 29.1 Å². The number of nitrogens with two attached hydrogens (primary N) is 1. The molecule has 4 rings (SSSR count). The van der Waals surface area contributed by atoms with Crippen molar-refractivity contribution in [3.8, 4) is 0 Å². The predicted molar refractivity (Wildman–Crippen MR) is 130 cm³/mol. The Morgan fingerprint density at radius 2 is 1.91 bits per heavy atom. The molecule has 10 heteroatoms. The van der Waals surface area contributed by atoms with Crippen LogP contribution >= 0.6 is 11.6 Å².